The van der Waals surface area contributed by atoms with Crippen LogP contribution in [0.5, 0.6) is 0 Å². The molecule has 3 heterocycles. The molecule has 112 valence electrons. The Labute approximate surface area is 125 Å². The van der Waals surface area contributed by atoms with Crippen molar-refractivity contribution in [1.82, 2.24) is 20.3 Å². The van der Waals surface area contributed by atoms with Crippen LogP contribution in [0.15, 0.2) is 47.4 Å². The number of aliphatic hydroxyl groups is 1. The van der Waals surface area contributed by atoms with Crippen molar-refractivity contribution in [2.75, 3.05) is 6.54 Å². The zero-order valence-corrected chi connectivity index (χ0v) is 11.5. The molecule has 0 radical (unpaired) electrons. The van der Waals surface area contributed by atoms with Crippen molar-refractivity contribution in [2.24, 2.45) is 0 Å². The quantitative estimate of drug-likeness (QED) is 0.568. The Hall–Kier alpha value is -2.93. The molecule has 3 rings (SSSR count). The van der Waals surface area contributed by atoms with Crippen molar-refractivity contribution < 1.29 is 9.90 Å². The Kier molecular flexibility index (Phi) is 3.71. The van der Waals surface area contributed by atoms with Crippen molar-refractivity contribution in [2.45, 2.75) is 6.10 Å². The minimum Gasteiger partial charge on any atom is -0.385 e. The summed E-state index contributed by atoms with van der Waals surface area (Å²) in [6.45, 7) is -0.0246. The van der Waals surface area contributed by atoms with Gasteiger partial charge in [0.05, 0.1) is 0 Å². The number of hydrogen-bond donors (Lipinski definition) is 4. The predicted molar refractivity (Wildman–Crippen MR) is 80.4 cm³/mol. The highest BCUT2D eigenvalue weighted by Crippen LogP contribution is 2.10. The maximum atomic E-state index is 12.0. The fraction of sp³-hybridized carbons (Fsp3) is 0.133. The number of pyridine rings is 2. The summed E-state index contributed by atoms with van der Waals surface area (Å²) in [5, 5.41) is 13.5. The second-order valence-corrected chi connectivity index (χ2v) is 4.81. The van der Waals surface area contributed by atoms with Gasteiger partial charge in [-0.3, -0.25) is 9.59 Å². The molecule has 0 saturated heterocycles. The molecule has 0 aliphatic heterocycles. The number of hydrogen-bond acceptors (Lipinski definition) is 4. The third-order valence-corrected chi connectivity index (χ3v) is 3.25. The Morgan fingerprint density at radius 3 is 2.95 bits per heavy atom. The molecule has 3 aromatic rings. The van der Waals surface area contributed by atoms with E-state index in [1.54, 1.807) is 30.5 Å². The number of rotatable bonds is 4. The van der Waals surface area contributed by atoms with E-state index in [0.717, 1.165) is 5.39 Å². The zero-order chi connectivity index (χ0) is 15.5. The molecule has 7 heteroatoms. The van der Waals surface area contributed by atoms with E-state index in [1.807, 2.05) is 6.07 Å². The largest absolute Gasteiger partial charge is 0.385 e. The van der Waals surface area contributed by atoms with E-state index in [-0.39, 0.29) is 17.8 Å². The topological polar surface area (TPSA) is 111 Å². The molecule has 0 bridgehead atoms. The van der Waals surface area contributed by atoms with Crippen molar-refractivity contribution in [3.63, 3.8) is 0 Å². The second kappa shape index (κ2) is 5.82. The fourth-order valence-electron chi connectivity index (χ4n) is 2.11. The van der Waals surface area contributed by atoms with Gasteiger partial charge in [0.15, 0.2) is 0 Å². The van der Waals surface area contributed by atoms with Crippen molar-refractivity contribution in [3.8, 4) is 0 Å². The molecule has 1 atom stereocenters. The molecule has 4 N–H and O–H groups in total. The Morgan fingerprint density at radius 1 is 1.27 bits per heavy atom. The molecular formula is C15H14N4O3. The van der Waals surface area contributed by atoms with E-state index in [2.05, 4.69) is 20.3 Å². The van der Waals surface area contributed by atoms with E-state index in [4.69, 9.17) is 0 Å². The van der Waals surface area contributed by atoms with Gasteiger partial charge in [-0.1, -0.05) is 6.07 Å². The third-order valence-electron chi connectivity index (χ3n) is 3.25. The van der Waals surface area contributed by atoms with Crippen LogP contribution >= 0.6 is 0 Å². The highest BCUT2D eigenvalue weighted by molar-refractivity contribution is 5.94. The van der Waals surface area contributed by atoms with Gasteiger partial charge in [-0.15, -0.1) is 0 Å². The van der Waals surface area contributed by atoms with Gasteiger partial charge in [-0.2, -0.15) is 0 Å². The van der Waals surface area contributed by atoms with Gasteiger partial charge in [0.2, 0.25) is 5.56 Å². The van der Waals surface area contributed by atoms with Gasteiger partial charge < -0.3 is 20.4 Å². The van der Waals surface area contributed by atoms with Gasteiger partial charge in [0.25, 0.3) is 5.91 Å². The Morgan fingerprint density at radius 2 is 2.14 bits per heavy atom. The first-order valence-electron chi connectivity index (χ1n) is 6.73. The van der Waals surface area contributed by atoms with Crippen LogP contribution in [0, 0.1) is 0 Å². The second-order valence-electron chi connectivity index (χ2n) is 4.81. The fourth-order valence-corrected chi connectivity index (χ4v) is 2.11. The molecule has 0 aliphatic rings. The number of aromatic nitrogens is 3. The van der Waals surface area contributed by atoms with E-state index in [1.165, 1.54) is 6.07 Å². The van der Waals surface area contributed by atoms with E-state index >= 15 is 0 Å². The number of aromatic amines is 2. The molecular weight excluding hydrogens is 284 g/mol. The first kappa shape index (κ1) is 14.0. The standard InChI is InChI=1S/C15H14N4O3/c20-12(10-2-1-3-13(21)18-10)8-17-15(22)11-5-4-9-6-7-16-14(9)19-11/h1-7,12,20H,8H2,(H,16,19)(H,17,22)(H,18,21). The smallest absolute Gasteiger partial charge is 0.270 e. The summed E-state index contributed by atoms with van der Waals surface area (Å²) in [6, 6.07) is 9.74. The van der Waals surface area contributed by atoms with E-state index in [0.29, 0.717) is 11.3 Å². The number of nitrogens with zero attached hydrogens (tertiary/aromatic N) is 1. The third kappa shape index (κ3) is 2.89. The number of fused-ring (bicyclic) bond motifs is 1. The normalized spacial score (nSPS) is 12.2. The van der Waals surface area contributed by atoms with Crippen LogP contribution in [0.1, 0.15) is 22.3 Å². The number of nitrogens with one attached hydrogen (secondary N) is 3. The molecule has 7 nitrogen and oxygen atoms in total. The summed E-state index contributed by atoms with van der Waals surface area (Å²) in [5.41, 5.74) is 0.923. The highest BCUT2D eigenvalue weighted by atomic mass is 16.3. The number of H-pyrrole nitrogens is 2. The maximum Gasteiger partial charge on any atom is 0.270 e. The SMILES string of the molecule is O=C(NCC(O)c1cccc(=O)[nH]1)c1ccc2cc[nH]c2n1. The maximum absolute atomic E-state index is 12.0. The Balaban J connectivity index is 1.67. The van der Waals surface area contributed by atoms with Crippen LogP contribution in [0.25, 0.3) is 11.0 Å². The summed E-state index contributed by atoms with van der Waals surface area (Å²) in [6.07, 6.45) is 0.751. The lowest BCUT2D eigenvalue weighted by atomic mass is 10.2. The van der Waals surface area contributed by atoms with Crippen LogP contribution in [0.4, 0.5) is 0 Å². The minimum atomic E-state index is -0.993. The van der Waals surface area contributed by atoms with Crippen molar-refractivity contribution in [3.05, 3.63) is 64.3 Å². The number of carbonyl (C=O) groups excluding carboxylic acids is 1. The lowest BCUT2D eigenvalue weighted by molar-refractivity contribution is 0.0909. The van der Waals surface area contributed by atoms with E-state index in [9.17, 15) is 14.7 Å². The van der Waals surface area contributed by atoms with Gasteiger partial charge in [0, 0.05) is 29.9 Å². The van der Waals surface area contributed by atoms with Gasteiger partial charge in [0.1, 0.15) is 17.4 Å². The molecule has 0 spiro atoms. The van der Waals surface area contributed by atoms with E-state index < -0.39 is 12.0 Å². The lowest BCUT2D eigenvalue weighted by Gasteiger charge is -2.11. The van der Waals surface area contributed by atoms with Crippen LogP contribution in [-0.4, -0.2) is 32.5 Å². The first-order chi connectivity index (χ1) is 10.6. The highest BCUT2D eigenvalue weighted by Gasteiger charge is 2.13. The van der Waals surface area contributed by atoms with Crippen LogP contribution in [0.2, 0.25) is 0 Å². The molecule has 0 aromatic carbocycles. The average Bonchev–Trinajstić information content (AvgIpc) is 2.99. The van der Waals surface area contributed by atoms with Crippen molar-refractivity contribution >= 4 is 16.9 Å². The minimum absolute atomic E-state index is 0.0246. The first-order valence-corrected chi connectivity index (χ1v) is 6.73. The molecule has 0 fully saturated rings. The number of amides is 1. The van der Waals surface area contributed by atoms with Crippen LogP contribution in [0.3, 0.4) is 0 Å². The molecule has 22 heavy (non-hydrogen) atoms. The summed E-state index contributed by atoms with van der Waals surface area (Å²) >= 11 is 0. The molecule has 1 amide bonds. The van der Waals surface area contributed by atoms with Gasteiger partial charge in [-0.05, 0) is 24.3 Å². The van der Waals surface area contributed by atoms with Gasteiger partial charge in [-0.25, -0.2) is 4.98 Å². The van der Waals surface area contributed by atoms with Crippen molar-refractivity contribution in [1.29, 1.82) is 0 Å². The summed E-state index contributed by atoms with van der Waals surface area (Å²) in [5.74, 6) is -0.395. The number of aliphatic hydroxyl groups excluding tert-OH is 1. The number of carbonyl (C=O) groups is 1. The predicted octanol–water partition coefficient (Wildman–Crippen LogP) is 0.715. The van der Waals surface area contributed by atoms with Crippen LogP contribution in [-0.2, 0) is 0 Å². The monoisotopic (exact) mass is 298 g/mol. The Bertz CT molecular complexity index is 868. The lowest BCUT2D eigenvalue weighted by Crippen LogP contribution is -2.29. The molecule has 0 saturated carbocycles. The average molecular weight is 298 g/mol. The molecule has 3 aromatic heterocycles. The summed E-state index contributed by atoms with van der Waals surface area (Å²) < 4.78 is 0. The zero-order valence-electron chi connectivity index (χ0n) is 11.5. The molecule has 1 unspecified atom stereocenters. The van der Waals surface area contributed by atoms with Gasteiger partial charge >= 0.3 is 0 Å². The summed E-state index contributed by atoms with van der Waals surface area (Å²) in [4.78, 5) is 32.9. The summed E-state index contributed by atoms with van der Waals surface area (Å²) in [7, 11) is 0. The van der Waals surface area contributed by atoms with Crippen LogP contribution < -0.4 is 10.9 Å². The molecule has 0 aliphatic carbocycles.